The highest BCUT2D eigenvalue weighted by Crippen LogP contribution is 2.29. The number of rotatable bonds is 4. The Hall–Kier alpha value is -3.41. The summed E-state index contributed by atoms with van der Waals surface area (Å²) in [7, 11) is 0. The molecule has 1 amide bonds. The van der Waals surface area contributed by atoms with Gasteiger partial charge in [0.2, 0.25) is 23.8 Å². The smallest absolute Gasteiger partial charge is 0.296 e. The van der Waals surface area contributed by atoms with Crippen LogP contribution in [0.4, 0.5) is 20.7 Å². The number of carbonyl (C=O) groups is 1. The molecular formula is C23H28F2N8O2. The fourth-order valence-electron chi connectivity index (χ4n) is 4.55. The lowest BCUT2D eigenvalue weighted by molar-refractivity contribution is -0.129. The zero-order chi connectivity index (χ0) is 24.7. The number of amides is 1. The van der Waals surface area contributed by atoms with Gasteiger partial charge in [0.05, 0.1) is 29.8 Å². The van der Waals surface area contributed by atoms with Gasteiger partial charge in [0.1, 0.15) is 0 Å². The fourth-order valence-corrected chi connectivity index (χ4v) is 4.55. The van der Waals surface area contributed by atoms with Crippen LogP contribution in [0.1, 0.15) is 33.0 Å². The lowest BCUT2D eigenvalue weighted by Gasteiger charge is -2.38. The van der Waals surface area contributed by atoms with E-state index in [-0.39, 0.29) is 24.0 Å². The number of para-hydroxylation sites is 2. The number of piperazine rings is 1. The van der Waals surface area contributed by atoms with Gasteiger partial charge in [0.15, 0.2) is 5.82 Å². The second-order valence-electron chi connectivity index (χ2n) is 8.83. The van der Waals surface area contributed by atoms with E-state index in [0.29, 0.717) is 62.3 Å². The summed E-state index contributed by atoms with van der Waals surface area (Å²) >= 11 is 0. The summed E-state index contributed by atoms with van der Waals surface area (Å²) in [6.07, 6.45) is -2.86. The Balaban J connectivity index is 1.63. The fraction of sp³-hybridized carbons (Fsp3) is 0.522. The molecule has 2 aliphatic heterocycles. The van der Waals surface area contributed by atoms with Crippen LogP contribution in [0.2, 0.25) is 0 Å². The molecule has 10 nitrogen and oxygen atoms in total. The van der Waals surface area contributed by atoms with E-state index in [1.54, 1.807) is 36.1 Å². The maximum Gasteiger partial charge on any atom is 0.296 e. The standard InChI is InChI=1S/C23H28F2N8O2/c1-14-15(2)35-13-12-32(14)22-27-21(31-10-8-30(9-11-31)16(3)34)28-23(29-22)33-18-7-5-4-6-17(18)26-20(33)19(24)25/h4-7,14-15,19H,8-13H2,1-3H3/t14-,15+/m0/s1. The monoisotopic (exact) mass is 486 g/mol. The van der Waals surface area contributed by atoms with Crippen LogP contribution < -0.4 is 9.80 Å². The first kappa shape index (κ1) is 23.3. The van der Waals surface area contributed by atoms with E-state index in [4.69, 9.17) is 9.72 Å². The van der Waals surface area contributed by atoms with E-state index in [0.717, 1.165) is 0 Å². The molecule has 186 valence electrons. The number of alkyl halides is 2. The Kier molecular flexibility index (Phi) is 6.22. The molecule has 35 heavy (non-hydrogen) atoms. The number of ether oxygens (including phenoxy) is 1. The molecule has 2 atom stereocenters. The normalized spacial score (nSPS) is 21.3. The number of halogens is 2. The van der Waals surface area contributed by atoms with E-state index in [2.05, 4.69) is 15.0 Å². The summed E-state index contributed by atoms with van der Waals surface area (Å²) in [5.74, 6) is 0.481. The topological polar surface area (TPSA) is 92.5 Å². The van der Waals surface area contributed by atoms with Crippen LogP contribution in [-0.2, 0) is 9.53 Å². The zero-order valence-electron chi connectivity index (χ0n) is 19.9. The highest BCUT2D eigenvalue weighted by atomic mass is 19.3. The van der Waals surface area contributed by atoms with Crippen LogP contribution in [0.3, 0.4) is 0 Å². The molecule has 3 aromatic rings. The van der Waals surface area contributed by atoms with Crippen molar-refractivity contribution in [1.82, 2.24) is 29.4 Å². The lowest BCUT2D eigenvalue weighted by atomic mass is 10.1. The van der Waals surface area contributed by atoms with Gasteiger partial charge in [-0.1, -0.05) is 12.1 Å². The molecule has 5 rings (SSSR count). The second-order valence-corrected chi connectivity index (χ2v) is 8.83. The van der Waals surface area contributed by atoms with Crippen LogP contribution in [0.15, 0.2) is 24.3 Å². The number of imidazole rings is 1. The maximum atomic E-state index is 14.1. The molecule has 2 saturated heterocycles. The number of morpholine rings is 1. The van der Waals surface area contributed by atoms with Gasteiger partial charge in [-0.15, -0.1) is 0 Å². The average Bonchev–Trinajstić information content (AvgIpc) is 3.26. The summed E-state index contributed by atoms with van der Waals surface area (Å²) in [4.78, 5) is 35.7. The van der Waals surface area contributed by atoms with Crippen molar-refractivity contribution in [3.8, 4) is 5.95 Å². The van der Waals surface area contributed by atoms with Crippen molar-refractivity contribution in [2.24, 2.45) is 0 Å². The average molecular weight is 487 g/mol. The minimum Gasteiger partial charge on any atom is -0.375 e. The van der Waals surface area contributed by atoms with E-state index in [1.807, 2.05) is 23.6 Å². The molecule has 12 heteroatoms. The quantitative estimate of drug-likeness (QED) is 0.555. The van der Waals surface area contributed by atoms with Crippen LogP contribution in [-0.4, -0.2) is 86.8 Å². The number of fused-ring (bicyclic) bond motifs is 1. The first-order valence-electron chi connectivity index (χ1n) is 11.7. The molecule has 0 N–H and O–H groups in total. The number of carbonyl (C=O) groups excluding carboxylic acids is 1. The molecule has 2 aliphatic rings. The molecule has 0 spiro atoms. The van der Waals surface area contributed by atoms with Crippen molar-refractivity contribution in [2.75, 3.05) is 49.1 Å². The van der Waals surface area contributed by atoms with Gasteiger partial charge in [-0.25, -0.2) is 13.8 Å². The minimum atomic E-state index is -2.81. The molecule has 1 aromatic carbocycles. The summed E-state index contributed by atoms with van der Waals surface area (Å²) in [5.41, 5.74) is 0.936. The van der Waals surface area contributed by atoms with Crippen molar-refractivity contribution >= 4 is 28.8 Å². The molecule has 2 aromatic heterocycles. The number of aromatic nitrogens is 5. The molecule has 4 heterocycles. The van der Waals surface area contributed by atoms with Crippen molar-refractivity contribution in [1.29, 1.82) is 0 Å². The third kappa shape index (κ3) is 4.38. The van der Waals surface area contributed by atoms with Crippen LogP contribution in [0.25, 0.3) is 17.0 Å². The number of hydrogen-bond acceptors (Lipinski definition) is 8. The van der Waals surface area contributed by atoms with E-state index in [9.17, 15) is 13.6 Å². The van der Waals surface area contributed by atoms with Gasteiger partial charge in [-0.3, -0.25) is 9.36 Å². The van der Waals surface area contributed by atoms with Crippen molar-refractivity contribution in [3.63, 3.8) is 0 Å². The largest absolute Gasteiger partial charge is 0.375 e. The minimum absolute atomic E-state index is 0.0178. The van der Waals surface area contributed by atoms with E-state index >= 15 is 0 Å². The van der Waals surface area contributed by atoms with Gasteiger partial charge < -0.3 is 19.4 Å². The van der Waals surface area contributed by atoms with Crippen LogP contribution in [0, 0.1) is 0 Å². The van der Waals surface area contributed by atoms with Gasteiger partial charge in [-0.2, -0.15) is 15.0 Å². The predicted octanol–water partition coefficient (Wildman–Crippen LogP) is 2.43. The molecule has 0 unspecified atom stereocenters. The summed E-state index contributed by atoms with van der Waals surface area (Å²) in [6, 6.07) is 6.92. The highest BCUT2D eigenvalue weighted by Gasteiger charge is 2.31. The number of hydrogen-bond donors (Lipinski definition) is 0. The third-order valence-corrected chi connectivity index (χ3v) is 6.73. The van der Waals surface area contributed by atoms with Gasteiger partial charge in [0, 0.05) is 39.6 Å². The summed E-state index contributed by atoms with van der Waals surface area (Å²) < 4.78 is 35.2. The second kappa shape index (κ2) is 9.33. The Bertz CT molecular complexity index is 1230. The van der Waals surface area contributed by atoms with Crippen LogP contribution in [0.5, 0.6) is 0 Å². The van der Waals surface area contributed by atoms with Crippen molar-refractivity contribution in [3.05, 3.63) is 30.1 Å². The Labute approximate surface area is 201 Å². The SMILES string of the molecule is CC(=O)N1CCN(c2nc(N3CCO[C@H](C)[C@@H]3C)nc(-n3c(C(F)F)nc4ccccc43)n2)CC1. The van der Waals surface area contributed by atoms with Crippen LogP contribution >= 0.6 is 0 Å². The number of benzene rings is 1. The molecule has 0 aliphatic carbocycles. The van der Waals surface area contributed by atoms with E-state index in [1.165, 1.54) is 4.57 Å². The molecule has 0 bridgehead atoms. The van der Waals surface area contributed by atoms with Gasteiger partial charge in [0.25, 0.3) is 6.43 Å². The van der Waals surface area contributed by atoms with Gasteiger partial charge >= 0.3 is 0 Å². The third-order valence-electron chi connectivity index (χ3n) is 6.73. The zero-order valence-corrected chi connectivity index (χ0v) is 19.9. The maximum absolute atomic E-state index is 14.1. The van der Waals surface area contributed by atoms with Crippen molar-refractivity contribution < 1.29 is 18.3 Å². The van der Waals surface area contributed by atoms with Crippen molar-refractivity contribution in [2.45, 2.75) is 39.3 Å². The first-order valence-corrected chi connectivity index (χ1v) is 11.7. The Morgan fingerprint density at radius 3 is 2.37 bits per heavy atom. The Morgan fingerprint density at radius 1 is 0.971 bits per heavy atom. The molecule has 0 radical (unpaired) electrons. The highest BCUT2D eigenvalue weighted by molar-refractivity contribution is 5.77. The molecular weight excluding hydrogens is 458 g/mol. The molecule has 2 fully saturated rings. The predicted molar refractivity (Wildman–Crippen MR) is 126 cm³/mol. The lowest BCUT2D eigenvalue weighted by Crippen LogP contribution is -2.50. The summed E-state index contributed by atoms with van der Waals surface area (Å²) in [6.45, 7) is 8.77. The number of nitrogens with zero attached hydrogens (tertiary/aromatic N) is 8. The number of anilines is 2. The first-order chi connectivity index (χ1) is 16.8. The summed E-state index contributed by atoms with van der Waals surface area (Å²) in [5, 5.41) is 0. The van der Waals surface area contributed by atoms with E-state index < -0.39 is 12.2 Å². The molecule has 0 saturated carbocycles. The Morgan fingerprint density at radius 2 is 1.66 bits per heavy atom. The van der Waals surface area contributed by atoms with Gasteiger partial charge in [-0.05, 0) is 26.0 Å².